The molecule has 0 spiro atoms. The molecule has 33 heavy (non-hydrogen) atoms. The van der Waals surface area contributed by atoms with Crippen molar-refractivity contribution in [2.45, 2.75) is 20.4 Å². The Hall–Kier alpha value is -4.13. The number of carbonyl (C=O) groups excluding carboxylic acids is 2. The van der Waals surface area contributed by atoms with Crippen LogP contribution in [-0.2, 0) is 16.1 Å². The molecule has 1 aliphatic rings. The highest BCUT2D eigenvalue weighted by Gasteiger charge is 2.39. The largest absolute Gasteiger partial charge is 0.497 e. The highest BCUT2D eigenvalue weighted by atomic mass is 16.5. The lowest BCUT2D eigenvalue weighted by atomic mass is 9.99. The van der Waals surface area contributed by atoms with Crippen LogP contribution >= 0.6 is 0 Å². The number of amides is 2. The Kier molecular flexibility index (Phi) is 6.13. The van der Waals surface area contributed by atoms with Gasteiger partial charge in [-0.1, -0.05) is 24.3 Å². The second-order valence-corrected chi connectivity index (χ2v) is 7.79. The van der Waals surface area contributed by atoms with E-state index in [1.165, 1.54) is 4.90 Å². The molecule has 7 nitrogen and oxygen atoms in total. The van der Waals surface area contributed by atoms with Crippen LogP contribution in [0.3, 0.4) is 0 Å². The van der Waals surface area contributed by atoms with Crippen LogP contribution in [0.25, 0.3) is 5.57 Å². The highest BCUT2D eigenvalue weighted by molar-refractivity contribution is 6.36. The monoisotopic (exact) mass is 443 g/mol. The maximum absolute atomic E-state index is 13.5. The molecule has 4 rings (SSSR count). The van der Waals surface area contributed by atoms with E-state index < -0.39 is 5.91 Å². The molecule has 3 aromatic rings. The quantitative estimate of drug-likeness (QED) is 0.554. The van der Waals surface area contributed by atoms with Gasteiger partial charge in [0.1, 0.15) is 17.2 Å². The number of rotatable bonds is 7. The standard InChI is InChI=1S/C26H25N3O4/c1-16-8-9-18(11-17(16)2)23-24(28-20-12-21(32-3)14-22(13-20)33-4)26(31)29(25(23)30)15-19-7-5-6-10-27-19/h5-14,28H,15H2,1-4H3. The zero-order valence-corrected chi connectivity index (χ0v) is 19.0. The summed E-state index contributed by atoms with van der Waals surface area (Å²) in [6, 6.07) is 16.4. The first-order chi connectivity index (χ1) is 15.9. The van der Waals surface area contributed by atoms with Crippen molar-refractivity contribution in [2.24, 2.45) is 0 Å². The molecule has 0 saturated heterocycles. The molecule has 7 heteroatoms. The summed E-state index contributed by atoms with van der Waals surface area (Å²) in [5.41, 5.74) is 4.54. The van der Waals surface area contributed by atoms with Gasteiger partial charge in [0.15, 0.2) is 0 Å². The van der Waals surface area contributed by atoms with Gasteiger partial charge in [0.05, 0.1) is 32.0 Å². The second-order valence-electron chi connectivity index (χ2n) is 7.79. The fourth-order valence-electron chi connectivity index (χ4n) is 3.68. The van der Waals surface area contributed by atoms with Gasteiger partial charge in [-0.3, -0.25) is 19.5 Å². The maximum atomic E-state index is 13.5. The summed E-state index contributed by atoms with van der Waals surface area (Å²) in [7, 11) is 3.11. The predicted octanol–water partition coefficient (Wildman–Crippen LogP) is 4.11. The molecule has 0 atom stereocenters. The van der Waals surface area contributed by atoms with E-state index in [0.717, 1.165) is 11.1 Å². The number of methoxy groups -OCH3 is 2. The molecule has 0 fully saturated rings. The molecular formula is C26H25N3O4. The number of hydrogen-bond donors (Lipinski definition) is 1. The first-order valence-electron chi connectivity index (χ1n) is 10.5. The van der Waals surface area contributed by atoms with Gasteiger partial charge in [-0.2, -0.15) is 0 Å². The van der Waals surface area contributed by atoms with E-state index in [-0.39, 0.29) is 18.1 Å². The number of hydrogen-bond acceptors (Lipinski definition) is 6. The van der Waals surface area contributed by atoms with Crippen molar-refractivity contribution in [3.05, 3.63) is 88.9 Å². The van der Waals surface area contributed by atoms with E-state index in [1.54, 1.807) is 50.7 Å². The summed E-state index contributed by atoms with van der Waals surface area (Å²) in [5, 5.41) is 3.16. The van der Waals surface area contributed by atoms with Crippen molar-refractivity contribution in [1.82, 2.24) is 9.88 Å². The molecule has 0 unspecified atom stereocenters. The average molecular weight is 444 g/mol. The molecule has 0 saturated carbocycles. The van der Waals surface area contributed by atoms with Crippen LogP contribution in [0.15, 0.2) is 66.5 Å². The van der Waals surface area contributed by atoms with Crippen LogP contribution in [0.1, 0.15) is 22.4 Å². The summed E-state index contributed by atoms with van der Waals surface area (Å²) >= 11 is 0. The number of anilines is 1. The summed E-state index contributed by atoms with van der Waals surface area (Å²) < 4.78 is 10.7. The molecule has 1 aromatic heterocycles. The van der Waals surface area contributed by atoms with Crippen LogP contribution in [-0.4, -0.2) is 35.9 Å². The summed E-state index contributed by atoms with van der Waals surface area (Å²) in [6.07, 6.45) is 1.64. The van der Waals surface area contributed by atoms with Gasteiger partial charge in [-0.15, -0.1) is 0 Å². The topological polar surface area (TPSA) is 80.8 Å². The zero-order chi connectivity index (χ0) is 23.5. The summed E-state index contributed by atoms with van der Waals surface area (Å²) in [5.74, 6) is 0.339. The minimum Gasteiger partial charge on any atom is -0.497 e. The van der Waals surface area contributed by atoms with Crippen LogP contribution in [0, 0.1) is 13.8 Å². The van der Waals surface area contributed by atoms with E-state index >= 15 is 0 Å². The number of benzene rings is 2. The van der Waals surface area contributed by atoms with Gasteiger partial charge in [0, 0.05) is 30.1 Å². The van der Waals surface area contributed by atoms with Gasteiger partial charge in [0.25, 0.3) is 11.8 Å². The van der Waals surface area contributed by atoms with E-state index in [9.17, 15) is 9.59 Å². The second kappa shape index (κ2) is 9.16. The number of pyridine rings is 1. The molecule has 2 aromatic carbocycles. The van der Waals surface area contributed by atoms with Crippen molar-refractivity contribution in [2.75, 3.05) is 19.5 Å². The molecular weight excluding hydrogens is 418 g/mol. The van der Waals surface area contributed by atoms with Crippen molar-refractivity contribution in [3.63, 3.8) is 0 Å². The molecule has 168 valence electrons. The maximum Gasteiger partial charge on any atom is 0.278 e. The number of aromatic nitrogens is 1. The Labute approximate surface area is 192 Å². The Balaban J connectivity index is 1.79. The normalized spacial score (nSPS) is 13.5. The number of carbonyl (C=O) groups is 2. The third kappa shape index (κ3) is 4.43. The molecule has 0 aliphatic carbocycles. The van der Waals surface area contributed by atoms with Gasteiger partial charge in [-0.05, 0) is 42.7 Å². The molecule has 2 amide bonds. The van der Waals surface area contributed by atoms with Gasteiger partial charge >= 0.3 is 0 Å². The van der Waals surface area contributed by atoms with Crippen LogP contribution in [0.4, 0.5) is 5.69 Å². The van der Waals surface area contributed by atoms with Crippen LogP contribution < -0.4 is 14.8 Å². The van der Waals surface area contributed by atoms with Crippen molar-refractivity contribution >= 4 is 23.1 Å². The van der Waals surface area contributed by atoms with Gasteiger partial charge in [-0.25, -0.2) is 0 Å². The molecule has 1 aliphatic heterocycles. The van der Waals surface area contributed by atoms with Gasteiger partial charge in [0.2, 0.25) is 0 Å². The molecule has 1 N–H and O–H groups in total. The SMILES string of the molecule is COc1cc(NC2=C(c3ccc(C)c(C)c3)C(=O)N(Cc3ccccn3)C2=O)cc(OC)c1. The number of aryl methyl sites for hydroxylation is 2. The Morgan fingerprint density at radius 2 is 1.61 bits per heavy atom. The first kappa shape index (κ1) is 22.1. The third-order valence-corrected chi connectivity index (χ3v) is 5.63. The third-order valence-electron chi connectivity index (χ3n) is 5.63. The van der Waals surface area contributed by atoms with Crippen LogP contribution in [0.2, 0.25) is 0 Å². The first-order valence-corrected chi connectivity index (χ1v) is 10.5. The number of ether oxygens (including phenoxy) is 2. The van der Waals surface area contributed by atoms with E-state index in [2.05, 4.69) is 10.3 Å². The fraction of sp³-hybridized carbons (Fsp3) is 0.192. The Morgan fingerprint density at radius 3 is 2.21 bits per heavy atom. The van der Waals surface area contributed by atoms with E-state index in [1.807, 2.05) is 38.1 Å². The van der Waals surface area contributed by atoms with Crippen molar-refractivity contribution in [1.29, 1.82) is 0 Å². The number of imide groups is 1. The zero-order valence-electron chi connectivity index (χ0n) is 19.0. The van der Waals surface area contributed by atoms with Crippen molar-refractivity contribution in [3.8, 4) is 11.5 Å². The fourth-order valence-corrected chi connectivity index (χ4v) is 3.68. The molecule has 2 heterocycles. The number of nitrogens with zero attached hydrogens (tertiary/aromatic N) is 2. The Bertz CT molecular complexity index is 1230. The van der Waals surface area contributed by atoms with Crippen molar-refractivity contribution < 1.29 is 19.1 Å². The summed E-state index contributed by atoms with van der Waals surface area (Å²) in [6.45, 7) is 4.07. The molecule has 0 radical (unpaired) electrons. The lowest BCUT2D eigenvalue weighted by Gasteiger charge is -2.15. The van der Waals surface area contributed by atoms with E-state index in [4.69, 9.17) is 9.47 Å². The lowest BCUT2D eigenvalue weighted by Crippen LogP contribution is -2.32. The smallest absolute Gasteiger partial charge is 0.278 e. The van der Waals surface area contributed by atoms with Crippen LogP contribution in [0.5, 0.6) is 11.5 Å². The van der Waals surface area contributed by atoms with Gasteiger partial charge < -0.3 is 14.8 Å². The summed E-state index contributed by atoms with van der Waals surface area (Å²) in [4.78, 5) is 32.4. The Morgan fingerprint density at radius 1 is 0.879 bits per heavy atom. The minimum atomic E-state index is -0.416. The molecule has 0 bridgehead atoms. The predicted molar refractivity (Wildman–Crippen MR) is 126 cm³/mol. The van der Waals surface area contributed by atoms with E-state index in [0.29, 0.717) is 34.0 Å². The average Bonchev–Trinajstić information content (AvgIpc) is 3.05. The highest BCUT2D eigenvalue weighted by Crippen LogP contribution is 2.34. The lowest BCUT2D eigenvalue weighted by molar-refractivity contribution is -0.137. The minimum absolute atomic E-state index is 0.0828. The number of nitrogens with one attached hydrogen (secondary N) is 1.